The van der Waals surface area contributed by atoms with Crippen molar-refractivity contribution < 1.29 is 9.59 Å². The lowest BCUT2D eigenvalue weighted by atomic mass is 9.55. The molecule has 0 aromatic heterocycles. The monoisotopic (exact) mass is 256 g/mol. The maximum atomic E-state index is 12.6. The fraction of sp³-hybridized carbons (Fsp3) is 0.333. The molecule has 1 saturated carbocycles. The quantitative estimate of drug-likeness (QED) is 0.506. The molecule has 2 amide bonds. The van der Waals surface area contributed by atoms with Crippen LogP contribution in [0.15, 0.2) is 36.9 Å². The summed E-state index contributed by atoms with van der Waals surface area (Å²) < 4.78 is 0. The van der Waals surface area contributed by atoms with Crippen molar-refractivity contribution in [2.24, 2.45) is 5.92 Å². The van der Waals surface area contributed by atoms with E-state index in [0.29, 0.717) is 25.1 Å². The van der Waals surface area contributed by atoms with Gasteiger partial charge in [0.2, 0.25) is 11.8 Å². The number of imide groups is 1. The average Bonchev–Trinajstić information content (AvgIpc) is 2.34. The number of nitrogens with zero attached hydrogens (tertiary/aromatic N) is 1. The molecule has 2 aliphatic heterocycles. The number of anilines is 1. The molecule has 0 radical (unpaired) electrons. The second kappa shape index (κ2) is 3.95. The van der Waals surface area contributed by atoms with E-state index in [4.69, 9.17) is 5.73 Å². The van der Waals surface area contributed by atoms with Gasteiger partial charge in [0, 0.05) is 18.2 Å². The Morgan fingerprint density at radius 1 is 1.32 bits per heavy atom. The first-order valence-corrected chi connectivity index (χ1v) is 6.41. The lowest BCUT2D eigenvalue weighted by molar-refractivity contribution is -0.167. The van der Waals surface area contributed by atoms with Gasteiger partial charge in [0.15, 0.2) is 0 Å². The molecule has 2 heterocycles. The van der Waals surface area contributed by atoms with Gasteiger partial charge in [-0.3, -0.25) is 14.5 Å². The molecule has 1 aromatic carbocycles. The van der Waals surface area contributed by atoms with Gasteiger partial charge < -0.3 is 5.73 Å². The van der Waals surface area contributed by atoms with Crippen molar-refractivity contribution in [2.45, 2.75) is 18.3 Å². The molecule has 3 fully saturated rings. The number of benzene rings is 1. The summed E-state index contributed by atoms with van der Waals surface area (Å²) in [4.78, 5) is 26.0. The molecule has 2 N–H and O–H groups in total. The number of nitrogen functional groups attached to an aromatic ring is 1. The Balaban J connectivity index is 1.98. The van der Waals surface area contributed by atoms with Crippen LogP contribution in [0.2, 0.25) is 0 Å². The molecule has 1 aromatic rings. The van der Waals surface area contributed by atoms with Gasteiger partial charge in [-0.2, -0.15) is 0 Å². The van der Waals surface area contributed by atoms with Crippen LogP contribution in [0.25, 0.3) is 0 Å². The highest BCUT2D eigenvalue weighted by Gasteiger charge is 2.61. The lowest BCUT2D eigenvalue weighted by Gasteiger charge is -2.53. The van der Waals surface area contributed by atoms with E-state index < -0.39 is 5.41 Å². The van der Waals surface area contributed by atoms with Crippen molar-refractivity contribution in [1.29, 1.82) is 0 Å². The summed E-state index contributed by atoms with van der Waals surface area (Å²) >= 11 is 0. The Bertz CT molecular complexity index is 556. The summed E-state index contributed by atoms with van der Waals surface area (Å²) in [6.45, 7) is 3.90. The van der Waals surface area contributed by atoms with Gasteiger partial charge in [-0.25, -0.2) is 0 Å². The van der Waals surface area contributed by atoms with E-state index in [9.17, 15) is 9.59 Å². The van der Waals surface area contributed by atoms with Gasteiger partial charge in [0.25, 0.3) is 0 Å². The van der Waals surface area contributed by atoms with Crippen molar-refractivity contribution >= 4 is 17.5 Å². The summed E-state index contributed by atoms with van der Waals surface area (Å²) in [6.07, 6.45) is 2.85. The van der Waals surface area contributed by atoms with Crippen molar-refractivity contribution in [2.75, 3.05) is 12.3 Å². The summed E-state index contributed by atoms with van der Waals surface area (Å²) in [5, 5.41) is 0. The fourth-order valence-electron chi connectivity index (χ4n) is 3.17. The van der Waals surface area contributed by atoms with E-state index >= 15 is 0 Å². The van der Waals surface area contributed by atoms with Crippen LogP contribution in [-0.4, -0.2) is 23.3 Å². The molecule has 2 saturated heterocycles. The number of carbonyl (C=O) groups excluding carboxylic acids is 2. The second-order valence-electron chi connectivity index (χ2n) is 5.35. The Kier molecular flexibility index (Phi) is 2.49. The maximum Gasteiger partial charge on any atom is 0.240 e. The molecule has 0 unspecified atom stereocenters. The van der Waals surface area contributed by atoms with Crippen LogP contribution in [0.1, 0.15) is 18.4 Å². The average molecular weight is 256 g/mol. The summed E-state index contributed by atoms with van der Waals surface area (Å²) in [7, 11) is 0. The normalized spacial score (nSPS) is 29.1. The van der Waals surface area contributed by atoms with E-state index in [2.05, 4.69) is 6.58 Å². The van der Waals surface area contributed by atoms with Crippen LogP contribution in [0.3, 0.4) is 0 Å². The number of hydrogen-bond acceptors (Lipinski definition) is 3. The first-order valence-electron chi connectivity index (χ1n) is 6.41. The van der Waals surface area contributed by atoms with Crippen molar-refractivity contribution in [3.05, 3.63) is 42.5 Å². The first kappa shape index (κ1) is 12.0. The third-order valence-corrected chi connectivity index (χ3v) is 4.23. The Morgan fingerprint density at radius 2 is 1.95 bits per heavy atom. The highest BCUT2D eigenvalue weighted by molar-refractivity contribution is 6.08. The van der Waals surface area contributed by atoms with Gasteiger partial charge in [-0.15, -0.1) is 6.58 Å². The van der Waals surface area contributed by atoms with Gasteiger partial charge in [-0.05, 0) is 30.5 Å². The zero-order chi connectivity index (χ0) is 13.6. The maximum absolute atomic E-state index is 12.6. The highest BCUT2D eigenvalue weighted by atomic mass is 16.2. The zero-order valence-electron chi connectivity index (χ0n) is 10.6. The minimum absolute atomic E-state index is 0.0183. The number of hydrogen-bond donors (Lipinski definition) is 1. The Hall–Kier alpha value is -2.10. The van der Waals surface area contributed by atoms with Gasteiger partial charge in [-0.1, -0.05) is 18.2 Å². The van der Waals surface area contributed by atoms with Crippen LogP contribution < -0.4 is 5.73 Å². The fourth-order valence-corrected chi connectivity index (χ4v) is 3.17. The van der Waals surface area contributed by atoms with Crippen LogP contribution in [0, 0.1) is 5.92 Å². The molecule has 4 nitrogen and oxygen atoms in total. The van der Waals surface area contributed by atoms with Crippen LogP contribution >= 0.6 is 0 Å². The summed E-state index contributed by atoms with van der Waals surface area (Å²) in [5.41, 5.74) is 6.80. The van der Waals surface area contributed by atoms with E-state index in [0.717, 1.165) is 5.56 Å². The number of nitrogens with two attached hydrogens (primary N) is 1. The predicted molar refractivity (Wildman–Crippen MR) is 72.2 cm³/mol. The van der Waals surface area contributed by atoms with Crippen molar-refractivity contribution in [1.82, 2.24) is 4.90 Å². The molecule has 2 bridgehead atoms. The van der Waals surface area contributed by atoms with E-state index in [1.807, 2.05) is 12.1 Å². The third kappa shape index (κ3) is 1.52. The smallest absolute Gasteiger partial charge is 0.240 e. The van der Waals surface area contributed by atoms with Gasteiger partial charge >= 0.3 is 0 Å². The zero-order valence-corrected chi connectivity index (χ0v) is 10.6. The molecule has 1 aliphatic carbocycles. The second-order valence-corrected chi connectivity index (χ2v) is 5.35. The highest BCUT2D eigenvalue weighted by Crippen LogP contribution is 2.53. The molecule has 19 heavy (non-hydrogen) atoms. The molecule has 0 atom stereocenters. The number of carbonyl (C=O) groups is 2. The molecule has 0 spiro atoms. The largest absolute Gasteiger partial charge is 0.399 e. The Labute approximate surface area is 111 Å². The van der Waals surface area contributed by atoms with E-state index in [1.54, 1.807) is 18.2 Å². The topological polar surface area (TPSA) is 63.4 Å². The molecule has 4 heteroatoms. The van der Waals surface area contributed by atoms with Crippen LogP contribution in [-0.2, 0) is 15.0 Å². The molecule has 3 aliphatic rings. The SMILES string of the molecule is C=CCN1C(=O)C2CC(c3ccc(N)cc3)(C2)C1=O. The first-order chi connectivity index (χ1) is 9.08. The number of piperidine rings is 2. The number of rotatable bonds is 3. The van der Waals surface area contributed by atoms with Gasteiger partial charge in [0.05, 0.1) is 5.41 Å². The minimum atomic E-state index is -0.519. The van der Waals surface area contributed by atoms with Crippen LogP contribution in [0.5, 0.6) is 0 Å². The molecular formula is C15H16N2O2. The lowest BCUT2D eigenvalue weighted by Crippen LogP contribution is -2.65. The number of amides is 2. The standard InChI is InChI=1S/C15H16N2O2/c1-2-7-17-13(18)10-8-15(9-10,14(17)19)11-3-5-12(16)6-4-11/h2-6,10H,1,7-9,16H2. The van der Waals surface area contributed by atoms with E-state index in [-0.39, 0.29) is 17.7 Å². The summed E-state index contributed by atoms with van der Waals surface area (Å²) in [6, 6.07) is 7.40. The minimum Gasteiger partial charge on any atom is -0.399 e. The predicted octanol–water partition coefficient (Wildman–Crippen LogP) is 1.47. The number of fused-ring (bicyclic) bond motifs is 2. The van der Waals surface area contributed by atoms with Crippen molar-refractivity contribution in [3.63, 3.8) is 0 Å². The van der Waals surface area contributed by atoms with E-state index in [1.165, 1.54) is 4.90 Å². The molecule has 4 rings (SSSR count). The van der Waals surface area contributed by atoms with Crippen molar-refractivity contribution in [3.8, 4) is 0 Å². The third-order valence-electron chi connectivity index (χ3n) is 4.23. The molecular weight excluding hydrogens is 240 g/mol. The Morgan fingerprint density at radius 3 is 2.53 bits per heavy atom. The molecule has 98 valence electrons. The summed E-state index contributed by atoms with van der Waals surface area (Å²) in [5.74, 6) is -0.165. The van der Waals surface area contributed by atoms with Crippen LogP contribution in [0.4, 0.5) is 5.69 Å². The van der Waals surface area contributed by atoms with Gasteiger partial charge in [0.1, 0.15) is 0 Å².